The molecular weight excluding hydrogens is 432 g/mol. The summed E-state index contributed by atoms with van der Waals surface area (Å²) in [7, 11) is 3.11. The summed E-state index contributed by atoms with van der Waals surface area (Å²) >= 11 is 0. The van der Waals surface area contributed by atoms with Crippen LogP contribution < -0.4 is 30.6 Å². The molecule has 8 nitrogen and oxygen atoms in total. The van der Waals surface area contributed by atoms with Crippen LogP contribution in [0.1, 0.15) is 27.0 Å². The van der Waals surface area contributed by atoms with Crippen molar-refractivity contribution in [3.8, 4) is 17.2 Å². The van der Waals surface area contributed by atoms with Crippen LogP contribution in [0.5, 0.6) is 17.2 Å². The van der Waals surface area contributed by atoms with Crippen molar-refractivity contribution >= 4 is 17.4 Å². The first-order valence-electron chi connectivity index (χ1n) is 10.8. The van der Waals surface area contributed by atoms with Gasteiger partial charge in [0.15, 0.2) is 0 Å². The second kappa shape index (κ2) is 11.6. The number of carbonyl (C=O) groups excluding carboxylic acids is 1. The summed E-state index contributed by atoms with van der Waals surface area (Å²) in [5.41, 5.74) is 9.14. The molecule has 0 fully saturated rings. The van der Waals surface area contributed by atoms with Gasteiger partial charge in [-0.2, -0.15) is 0 Å². The maximum Gasteiger partial charge on any atom is 0.251 e. The Kier molecular flexibility index (Phi) is 8.34. The van der Waals surface area contributed by atoms with Crippen molar-refractivity contribution in [1.82, 2.24) is 5.32 Å². The molecule has 0 aliphatic rings. The fraction of sp³-hybridized carbons (Fsp3) is 0.231. The Morgan fingerprint density at radius 2 is 1.65 bits per heavy atom. The molecule has 0 saturated carbocycles. The maximum absolute atomic E-state index is 12.9. The fourth-order valence-electron chi connectivity index (χ4n) is 3.43. The normalized spacial score (nSPS) is 10.3. The van der Waals surface area contributed by atoms with Crippen LogP contribution in [-0.2, 0) is 6.54 Å². The summed E-state index contributed by atoms with van der Waals surface area (Å²) < 4.78 is 16.5. The summed E-state index contributed by atoms with van der Waals surface area (Å²) in [5.74, 6) is 1.66. The molecule has 0 radical (unpaired) electrons. The Bertz CT molecular complexity index is 1120. The smallest absolute Gasteiger partial charge is 0.251 e. The monoisotopic (exact) mass is 462 g/mol. The second-order valence-electron chi connectivity index (χ2n) is 7.56. The molecule has 0 heterocycles. The van der Waals surface area contributed by atoms with Crippen LogP contribution in [0, 0.1) is 12.3 Å². The van der Waals surface area contributed by atoms with E-state index in [9.17, 15) is 4.79 Å². The predicted molar refractivity (Wildman–Crippen MR) is 133 cm³/mol. The van der Waals surface area contributed by atoms with Crippen molar-refractivity contribution in [3.63, 3.8) is 0 Å². The molecule has 0 saturated heterocycles. The average Bonchev–Trinajstić information content (AvgIpc) is 2.86. The van der Waals surface area contributed by atoms with E-state index in [1.807, 2.05) is 43.3 Å². The summed E-state index contributed by atoms with van der Waals surface area (Å²) in [6.07, 6.45) is 0. The highest BCUT2D eigenvalue weighted by atomic mass is 16.5. The van der Waals surface area contributed by atoms with Crippen molar-refractivity contribution in [1.29, 1.82) is 5.41 Å². The lowest BCUT2D eigenvalue weighted by molar-refractivity contribution is 0.0950. The molecule has 0 aromatic heterocycles. The number of hydrogen-bond acceptors (Lipinski definition) is 6. The van der Waals surface area contributed by atoms with Crippen LogP contribution in [0.3, 0.4) is 0 Å². The second-order valence-corrected chi connectivity index (χ2v) is 7.56. The summed E-state index contributed by atoms with van der Waals surface area (Å²) in [6, 6.07) is 18.3. The number of rotatable bonds is 11. The van der Waals surface area contributed by atoms with Crippen LogP contribution in [0.25, 0.3) is 0 Å². The Morgan fingerprint density at radius 1 is 0.971 bits per heavy atom. The number of nitrogen functional groups attached to an aromatic ring is 1. The third-order valence-corrected chi connectivity index (χ3v) is 5.30. The van der Waals surface area contributed by atoms with Crippen LogP contribution >= 0.6 is 0 Å². The largest absolute Gasteiger partial charge is 0.496 e. The SMILES string of the molecule is COc1cc(C(=O)NCc2ccc(C(=N)N)cc2NCCOc2ccccc2)cc(OC)c1C. The summed E-state index contributed by atoms with van der Waals surface area (Å²) in [6.45, 7) is 3.12. The van der Waals surface area contributed by atoms with E-state index in [4.69, 9.17) is 25.4 Å². The van der Waals surface area contributed by atoms with Gasteiger partial charge in [-0.3, -0.25) is 10.2 Å². The van der Waals surface area contributed by atoms with Gasteiger partial charge in [-0.05, 0) is 42.8 Å². The first-order valence-corrected chi connectivity index (χ1v) is 10.8. The molecular formula is C26H30N4O4. The molecule has 34 heavy (non-hydrogen) atoms. The van der Waals surface area contributed by atoms with Gasteiger partial charge in [0, 0.05) is 35.5 Å². The third kappa shape index (κ3) is 6.19. The molecule has 0 aliphatic carbocycles. The molecule has 3 aromatic rings. The van der Waals surface area contributed by atoms with E-state index in [1.54, 1.807) is 38.5 Å². The van der Waals surface area contributed by atoms with Gasteiger partial charge in [-0.1, -0.05) is 30.3 Å². The summed E-state index contributed by atoms with van der Waals surface area (Å²) in [4.78, 5) is 12.9. The number of benzene rings is 3. The fourth-order valence-corrected chi connectivity index (χ4v) is 3.43. The number of methoxy groups -OCH3 is 2. The van der Waals surface area contributed by atoms with Gasteiger partial charge < -0.3 is 30.6 Å². The number of ether oxygens (including phenoxy) is 3. The topological polar surface area (TPSA) is 119 Å². The van der Waals surface area contributed by atoms with Crippen molar-refractivity contribution in [2.45, 2.75) is 13.5 Å². The van der Waals surface area contributed by atoms with Crippen molar-refractivity contribution in [3.05, 3.63) is 82.9 Å². The number of hydrogen-bond donors (Lipinski definition) is 4. The van der Waals surface area contributed by atoms with Crippen LogP contribution in [-0.4, -0.2) is 39.1 Å². The number of amidine groups is 1. The van der Waals surface area contributed by atoms with Crippen molar-refractivity contribution in [2.75, 3.05) is 32.7 Å². The van der Waals surface area contributed by atoms with Crippen LogP contribution in [0.15, 0.2) is 60.7 Å². The van der Waals surface area contributed by atoms with Crippen molar-refractivity contribution < 1.29 is 19.0 Å². The lowest BCUT2D eigenvalue weighted by Gasteiger charge is -2.16. The lowest BCUT2D eigenvalue weighted by Crippen LogP contribution is -2.24. The quantitative estimate of drug-likeness (QED) is 0.196. The van der Waals surface area contributed by atoms with Gasteiger partial charge in [-0.15, -0.1) is 0 Å². The van der Waals surface area contributed by atoms with E-state index in [0.29, 0.717) is 35.8 Å². The molecule has 3 rings (SSSR count). The number of carbonyl (C=O) groups is 1. The van der Waals surface area contributed by atoms with Crippen LogP contribution in [0.4, 0.5) is 5.69 Å². The molecule has 8 heteroatoms. The van der Waals surface area contributed by atoms with E-state index in [0.717, 1.165) is 22.6 Å². The third-order valence-electron chi connectivity index (χ3n) is 5.30. The molecule has 0 bridgehead atoms. The molecule has 3 aromatic carbocycles. The van der Waals surface area contributed by atoms with Gasteiger partial charge in [-0.25, -0.2) is 0 Å². The van der Waals surface area contributed by atoms with E-state index in [-0.39, 0.29) is 18.3 Å². The number of anilines is 1. The number of para-hydroxylation sites is 1. The molecule has 5 N–H and O–H groups in total. The van der Waals surface area contributed by atoms with E-state index >= 15 is 0 Å². The minimum atomic E-state index is -0.259. The lowest BCUT2D eigenvalue weighted by atomic mass is 10.1. The zero-order valence-corrected chi connectivity index (χ0v) is 19.6. The molecule has 1 amide bonds. The summed E-state index contributed by atoms with van der Waals surface area (Å²) in [5, 5.41) is 14.0. The minimum Gasteiger partial charge on any atom is -0.496 e. The molecule has 178 valence electrons. The Labute approximate surface area is 199 Å². The van der Waals surface area contributed by atoms with E-state index in [1.165, 1.54) is 0 Å². The predicted octanol–water partition coefficient (Wildman–Crippen LogP) is 3.72. The zero-order valence-electron chi connectivity index (χ0n) is 19.6. The Hall–Kier alpha value is -4.20. The van der Waals surface area contributed by atoms with Crippen LogP contribution in [0.2, 0.25) is 0 Å². The first-order chi connectivity index (χ1) is 16.4. The highest BCUT2D eigenvalue weighted by Crippen LogP contribution is 2.29. The minimum absolute atomic E-state index is 0.0296. The average molecular weight is 463 g/mol. The number of nitrogens with two attached hydrogens (primary N) is 1. The van der Waals surface area contributed by atoms with Gasteiger partial charge in [0.1, 0.15) is 29.7 Å². The standard InChI is InChI=1S/C26H30N4O4/c1-17-23(32-2)14-20(15-24(17)33-3)26(31)30-16-19-10-9-18(25(27)28)13-22(19)29-11-12-34-21-7-5-4-6-8-21/h4-10,13-15,29H,11-12,16H2,1-3H3,(H3,27,28)(H,30,31). The Balaban J connectivity index is 1.69. The van der Waals surface area contributed by atoms with E-state index in [2.05, 4.69) is 10.6 Å². The van der Waals surface area contributed by atoms with E-state index < -0.39 is 0 Å². The van der Waals surface area contributed by atoms with Gasteiger partial charge in [0.25, 0.3) is 5.91 Å². The highest BCUT2D eigenvalue weighted by Gasteiger charge is 2.14. The number of nitrogens with one attached hydrogen (secondary N) is 3. The Morgan fingerprint density at radius 3 is 2.26 bits per heavy atom. The van der Waals surface area contributed by atoms with Gasteiger partial charge >= 0.3 is 0 Å². The maximum atomic E-state index is 12.9. The number of amides is 1. The molecule has 0 aliphatic heterocycles. The van der Waals surface area contributed by atoms with Gasteiger partial charge in [0.2, 0.25) is 0 Å². The van der Waals surface area contributed by atoms with Gasteiger partial charge in [0.05, 0.1) is 14.2 Å². The van der Waals surface area contributed by atoms with Crippen molar-refractivity contribution in [2.24, 2.45) is 5.73 Å². The first kappa shape index (κ1) is 24.4. The molecule has 0 atom stereocenters. The molecule has 0 unspecified atom stereocenters. The zero-order chi connectivity index (χ0) is 24.5. The molecule has 0 spiro atoms. The highest BCUT2D eigenvalue weighted by molar-refractivity contribution is 5.96.